The van der Waals surface area contributed by atoms with Crippen molar-refractivity contribution < 1.29 is 9.59 Å². The highest BCUT2D eigenvalue weighted by Gasteiger charge is 2.24. The molecule has 1 aromatic rings. The van der Waals surface area contributed by atoms with Gasteiger partial charge in [0.2, 0.25) is 5.78 Å². The Balaban J connectivity index is 2.61. The van der Waals surface area contributed by atoms with E-state index in [0.717, 1.165) is 12.0 Å². The third-order valence-electron chi connectivity index (χ3n) is 3.11. The molecule has 0 saturated carbocycles. The van der Waals surface area contributed by atoms with E-state index in [1.54, 1.807) is 7.05 Å². The third-order valence-corrected chi connectivity index (χ3v) is 3.11. The summed E-state index contributed by atoms with van der Waals surface area (Å²) in [6.45, 7) is 3.86. The van der Waals surface area contributed by atoms with E-state index in [4.69, 9.17) is 0 Å². The molecular formula is C15H22N2O2. The summed E-state index contributed by atoms with van der Waals surface area (Å²) >= 11 is 0. The maximum absolute atomic E-state index is 12.0. The van der Waals surface area contributed by atoms with E-state index in [0.29, 0.717) is 6.42 Å². The lowest BCUT2D eigenvalue weighted by molar-refractivity contribution is -0.139. The van der Waals surface area contributed by atoms with Crippen LogP contribution in [0.5, 0.6) is 0 Å². The van der Waals surface area contributed by atoms with E-state index >= 15 is 0 Å². The van der Waals surface area contributed by atoms with E-state index < -0.39 is 17.7 Å². The minimum absolute atomic E-state index is 0.170. The molecule has 0 fully saturated rings. The molecule has 0 aliphatic heterocycles. The van der Waals surface area contributed by atoms with Gasteiger partial charge in [0.05, 0.1) is 12.1 Å². The van der Waals surface area contributed by atoms with E-state index in [-0.39, 0.29) is 6.04 Å². The van der Waals surface area contributed by atoms with Crippen LogP contribution < -0.4 is 10.6 Å². The molecule has 1 aromatic carbocycles. The van der Waals surface area contributed by atoms with Crippen molar-refractivity contribution in [3.05, 3.63) is 35.9 Å². The first-order valence-corrected chi connectivity index (χ1v) is 6.67. The number of ketones is 1. The highest BCUT2D eigenvalue weighted by molar-refractivity contribution is 6.38. The van der Waals surface area contributed by atoms with Crippen LogP contribution in [0.3, 0.4) is 0 Å². The predicted molar refractivity (Wildman–Crippen MR) is 75.8 cm³/mol. The number of benzene rings is 1. The van der Waals surface area contributed by atoms with Gasteiger partial charge in [-0.05, 0) is 26.0 Å². The summed E-state index contributed by atoms with van der Waals surface area (Å²) in [4.78, 5) is 23.9. The Morgan fingerprint density at radius 3 is 2.37 bits per heavy atom. The fourth-order valence-corrected chi connectivity index (χ4v) is 1.95. The van der Waals surface area contributed by atoms with E-state index in [1.165, 1.54) is 0 Å². The number of rotatable bonds is 7. The summed E-state index contributed by atoms with van der Waals surface area (Å²) in [7, 11) is 1.70. The molecule has 0 saturated heterocycles. The van der Waals surface area contributed by atoms with Gasteiger partial charge in [-0.15, -0.1) is 0 Å². The van der Waals surface area contributed by atoms with Crippen LogP contribution in [0.2, 0.25) is 0 Å². The molecule has 0 spiro atoms. The molecule has 1 amide bonds. The molecule has 0 radical (unpaired) electrons. The van der Waals surface area contributed by atoms with Crippen LogP contribution in [-0.2, 0) is 9.59 Å². The van der Waals surface area contributed by atoms with Crippen molar-refractivity contribution in [2.24, 2.45) is 0 Å². The zero-order valence-corrected chi connectivity index (χ0v) is 11.8. The number of carbonyl (C=O) groups is 2. The van der Waals surface area contributed by atoms with Gasteiger partial charge in [0.25, 0.3) is 5.91 Å². The Kier molecular flexibility index (Phi) is 6.22. The Hall–Kier alpha value is -1.68. The molecule has 4 nitrogen and oxygen atoms in total. The number of Topliss-reactive ketones (excluding diaryl/α,β-unsaturated/α-hetero) is 1. The molecule has 1 rings (SSSR count). The minimum Gasteiger partial charge on any atom is -0.343 e. The van der Waals surface area contributed by atoms with Crippen molar-refractivity contribution in [2.75, 3.05) is 7.05 Å². The normalized spacial score (nSPS) is 13.6. The first-order valence-electron chi connectivity index (χ1n) is 6.67. The number of likely N-dealkylation sites (N-methyl/N-ethyl adjacent to an activating group) is 1. The Morgan fingerprint density at radius 1 is 1.21 bits per heavy atom. The molecular weight excluding hydrogens is 240 g/mol. The highest BCUT2D eigenvalue weighted by Crippen LogP contribution is 2.11. The summed E-state index contributed by atoms with van der Waals surface area (Å²) in [5.41, 5.74) is 0.986. The Labute approximate surface area is 114 Å². The second-order valence-electron chi connectivity index (χ2n) is 4.60. The van der Waals surface area contributed by atoms with Gasteiger partial charge < -0.3 is 10.6 Å². The third kappa shape index (κ3) is 4.48. The quantitative estimate of drug-likeness (QED) is 0.737. The monoisotopic (exact) mass is 262 g/mol. The van der Waals surface area contributed by atoms with Crippen LogP contribution in [0.4, 0.5) is 0 Å². The highest BCUT2D eigenvalue weighted by atomic mass is 16.2. The maximum atomic E-state index is 12.0. The van der Waals surface area contributed by atoms with Crippen LogP contribution in [0.15, 0.2) is 30.3 Å². The Bertz CT molecular complexity index is 417. The second kappa shape index (κ2) is 7.69. The summed E-state index contributed by atoms with van der Waals surface area (Å²) < 4.78 is 0. The lowest BCUT2D eigenvalue weighted by Crippen LogP contribution is -2.44. The van der Waals surface area contributed by atoms with Crippen molar-refractivity contribution >= 4 is 11.7 Å². The average molecular weight is 262 g/mol. The molecule has 2 atom stereocenters. The average Bonchev–Trinajstić information content (AvgIpc) is 2.44. The molecule has 2 N–H and O–H groups in total. The van der Waals surface area contributed by atoms with Gasteiger partial charge in [-0.2, -0.15) is 0 Å². The predicted octanol–water partition coefficient (Wildman–Crippen LogP) is 1.82. The van der Waals surface area contributed by atoms with Crippen LogP contribution in [-0.4, -0.2) is 24.8 Å². The van der Waals surface area contributed by atoms with Gasteiger partial charge in [0.15, 0.2) is 0 Å². The standard InChI is InChI=1S/C15H22N2O2/c1-4-8-13(16-3)14(18)15(19)17-11(2)12-9-6-5-7-10-12/h5-7,9-11,13,16H,4,8H2,1-3H3,(H,17,19). The lowest BCUT2D eigenvalue weighted by Gasteiger charge is -2.17. The molecule has 0 heterocycles. The van der Waals surface area contributed by atoms with Crippen LogP contribution >= 0.6 is 0 Å². The molecule has 0 aliphatic rings. The summed E-state index contributed by atoms with van der Waals surface area (Å²) in [6, 6.07) is 9.03. The van der Waals surface area contributed by atoms with E-state index in [9.17, 15) is 9.59 Å². The van der Waals surface area contributed by atoms with E-state index in [2.05, 4.69) is 10.6 Å². The number of hydrogen-bond acceptors (Lipinski definition) is 3. The molecule has 19 heavy (non-hydrogen) atoms. The molecule has 4 heteroatoms. The summed E-state index contributed by atoms with van der Waals surface area (Å²) in [5, 5.41) is 5.63. The number of hydrogen-bond donors (Lipinski definition) is 2. The fourth-order valence-electron chi connectivity index (χ4n) is 1.95. The first kappa shape index (κ1) is 15.4. The summed E-state index contributed by atoms with van der Waals surface area (Å²) in [5.74, 6) is -0.920. The van der Waals surface area contributed by atoms with Crippen molar-refractivity contribution in [3.8, 4) is 0 Å². The maximum Gasteiger partial charge on any atom is 0.289 e. The molecule has 104 valence electrons. The molecule has 2 unspecified atom stereocenters. The van der Waals surface area contributed by atoms with Gasteiger partial charge in [-0.25, -0.2) is 0 Å². The van der Waals surface area contributed by atoms with Crippen LogP contribution in [0.25, 0.3) is 0 Å². The lowest BCUT2D eigenvalue weighted by atomic mass is 10.1. The van der Waals surface area contributed by atoms with Crippen molar-refractivity contribution in [1.82, 2.24) is 10.6 Å². The van der Waals surface area contributed by atoms with Gasteiger partial charge >= 0.3 is 0 Å². The van der Waals surface area contributed by atoms with Crippen molar-refractivity contribution in [2.45, 2.75) is 38.8 Å². The zero-order chi connectivity index (χ0) is 14.3. The second-order valence-corrected chi connectivity index (χ2v) is 4.60. The van der Waals surface area contributed by atoms with Crippen LogP contribution in [0, 0.1) is 0 Å². The molecule has 0 bridgehead atoms. The largest absolute Gasteiger partial charge is 0.343 e. The Morgan fingerprint density at radius 2 is 1.84 bits per heavy atom. The number of carbonyl (C=O) groups excluding carboxylic acids is 2. The van der Waals surface area contributed by atoms with Gasteiger partial charge in [0.1, 0.15) is 0 Å². The zero-order valence-electron chi connectivity index (χ0n) is 11.8. The summed E-state index contributed by atoms with van der Waals surface area (Å²) in [6.07, 6.45) is 1.53. The number of nitrogens with one attached hydrogen (secondary N) is 2. The van der Waals surface area contributed by atoms with Crippen LogP contribution in [0.1, 0.15) is 38.3 Å². The fraction of sp³-hybridized carbons (Fsp3) is 0.467. The van der Waals surface area contributed by atoms with Gasteiger partial charge in [-0.3, -0.25) is 9.59 Å². The van der Waals surface area contributed by atoms with E-state index in [1.807, 2.05) is 44.2 Å². The SMILES string of the molecule is CCCC(NC)C(=O)C(=O)NC(C)c1ccccc1. The first-order chi connectivity index (χ1) is 9.10. The molecule has 0 aliphatic carbocycles. The number of amides is 1. The minimum atomic E-state index is -0.524. The van der Waals surface area contributed by atoms with Crippen molar-refractivity contribution in [1.29, 1.82) is 0 Å². The smallest absolute Gasteiger partial charge is 0.289 e. The van der Waals surface area contributed by atoms with Gasteiger partial charge in [0, 0.05) is 0 Å². The topological polar surface area (TPSA) is 58.2 Å². The van der Waals surface area contributed by atoms with Crippen molar-refractivity contribution in [3.63, 3.8) is 0 Å². The molecule has 0 aromatic heterocycles. The van der Waals surface area contributed by atoms with Gasteiger partial charge in [-0.1, -0.05) is 43.7 Å².